The molecule has 0 saturated carbocycles. The van der Waals surface area contributed by atoms with Gasteiger partial charge in [-0.05, 0) is 13.0 Å². The lowest BCUT2D eigenvalue weighted by atomic mass is 10.3. The van der Waals surface area contributed by atoms with Crippen LogP contribution in [0.3, 0.4) is 0 Å². The van der Waals surface area contributed by atoms with Gasteiger partial charge in [-0.3, -0.25) is 4.79 Å². The van der Waals surface area contributed by atoms with Crippen LogP contribution in [-0.4, -0.2) is 30.1 Å². The highest BCUT2D eigenvalue weighted by Crippen LogP contribution is 2.32. The van der Waals surface area contributed by atoms with Crippen LogP contribution in [0.1, 0.15) is 17.3 Å². The van der Waals surface area contributed by atoms with E-state index in [-0.39, 0.29) is 20.8 Å². The fourth-order valence-electron chi connectivity index (χ4n) is 1.20. The van der Waals surface area contributed by atoms with Crippen LogP contribution in [0.4, 0.5) is 13.2 Å². The summed E-state index contributed by atoms with van der Waals surface area (Å²) in [6.07, 6.45) is -4.43. The summed E-state index contributed by atoms with van der Waals surface area (Å²) in [4.78, 5) is 12.4. The smallest absolute Gasteiger partial charge is 0.330 e. The first-order valence-corrected chi connectivity index (χ1v) is 6.12. The number of thiophene rings is 1. The van der Waals surface area contributed by atoms with E-state index in [4.69, 9.17) is 23.2 Å². The van der Waals surface area contributed by atoms with E-state index in [0.717, 1.165) is 11.3 Å². The molecule has 0 aliphatic rings. The molecule has 0 unspecified atom stereocenters. The zero-order chi connectivity index (χ0) is 13.2. The van der Waals surface area contributed by atoms with E-state index in [2.05, 4.69) is 0 Å². The van der Waals surface area contributed by atoms with E-state index in [9.17, 15) is 18.0 Å². The SMILES string of the molecule is CCN(CC(F)(F)F)C(=O)c1cc(Cl)sc1Cl. The monoisotopic (exact) mass is 305 g/mol. The minimum Gasteiger partial charge on any atom is -0.330 e. The van der Waals surface area contributed by atoms with Gasteiger partial charge in [0.1, 0.15) is 10.9 Å². The van der Waals surface area contributed by atoms with E-state index in [1.54, 1.807) is 0 Å². The summed E-state index contributed by atoms with van der Waals surface area (Å²) in [5.74, 6) is -0.766. The van der Waals surface area contributed by atoms with Crippen LogP contribution < -0.4 is 0 Å². The van der Waals surface area contributed by atoms with Gasteiger partial charge in [0, 0.05) is 6.54 Å². The lowest BCUT2D eigenvalue weighted by Gasteiger charge is -2.21. The Labute approximate surface area is 110 Å². The molecule has 1 amide bonds. The Bertz CT molecular complexity index is 419. The summed E-state index contributed by atoms with van der Waals surface area (Å²) in [6.45, 7) is 0.111. The average Bonchev–Trinajstić information content (AvgIpc) is 2.52. The van der Waals surface area contributed by atoms with E-state index < -0.39 is 18.6 Å². The Morgan fingerprint density at radius 2 is 2.06 bits per heavy atom. The third kappa shape index (κ3) is 4.04. The molecule has 1 aromatic rings. The quantitative estimate of drug-likeness (QED) is 0.824. The summed E-state index contributed by atoms with van der Waals surface area (Å²) >= 11 is 12.3. The van der Waals surface area contributed by atoms with Gasteiger partial charge in [-0.2, -0.15) is 13.2 Å². The molecule has 0 atom stereocenters. The molecule has 17 heavy (non-hydrogen) atoms. The lowest BCUT2D eigenvalue weighted by Crippen LogP contribution is -2.38. The Hall–Kier alpha value is -0.460. The van der Waals surface area contributed by atoms with Gasteiger partial charge in [0.15, 0.2) is 0 Å². The highest BCUT2D eigenvalue weighted by molar-refractivity contribution is 7.20. The first-order chi connectivity index (χ1) is 7.74. The maximum atomic E-state index is 12.2. The molecule has 0 N–H and O–H groups in total. The van der Waals surface area contributed by atoms with Crippen molar-refractivity contribution in [3.63, 3.8) is 0 Å². The highest BCUT2D eigenvalue weighted by atomic mass is 35.5. The maximum absolute atomic E-state index is 12.2. The van der Waals surface area contributed by atoms with E-state index in [1.807, 2.05) is 0 Å². The molecule has 1 heterocycles. The van der Waals surface area contributed by atoms with Crippen molar-refractivity contribution < 1.29 is 18.0 Å². The van der Waals surface area contributed by atoms with Crippen molar-refractivity contribution >= 4 is 40.4 Å². The van der Waals surface area contributed by atoms with Crippen molar-refractivity contribution in [1.82, 2.24) is 4.90 Å². The highest BCUT2D eigenvalue weighted by Gasteiger charge is 2.33. The van der Waals surface area contributed by atoms with Gasteiger partial charge in [-0.25, -0.2) is 0 Å². The molecule has 0 fully saturated rings. The topological polar surface area (TPSA) is 20.3 Å². The molecule has 0 aliphatic carbocycles. The molecule has 96 valence electrons. The fourth-order valence-corrected chi connectivity index (χ4v) is 2.65. The number of halogens is 5. The predicted molar refractivity (Wildman–Crippen MR) is 62.0 cm³/mol. The van der Waals surface area contributed by atoms with Gasteiger partial charge in [0.2, 0.25) is 0 Å². The maximum Gasteiger partial charge on any atom is 0.406 e. The van der Waals surface area contributed by atoms with Crippen LogP contribution in [0.2, 0.25) is 8.67 Å². The van der Waals surface area contributed by atoms with Crippen molar-refractivity contribution in [2.45, 2.75) is 13.1 Å². The van der Waals surface area contributed by atoms with Crippen molar-refractivity contribution in [3.05, 3.63) is 20.3 Å². The molecular weight excluding hydrogens is 298 g/mol. The number of nitrogens with zero attached hydrogens (tertiary/aromatic N) is 1. The lowest BCUT2D eigenvalue weighted by molar-refractivity contribution is -0.140. The summed E-state index contributed by atoms with van der Waals surface area (Å²) in [6, 6.07) is 1.27. The first kappa shape index (κ1) is 14.6. The zero-order valence-corrected chi connectivity index (χ0v) is 11.0. The van der Waals surface area contributed by atoms with Crippen molar-refractivity contribution in [2.24, 2.45) is 0 Å². The van der Waals surface area contributed by atoms with Crippen LogP contribution in [0.15, 0.2) is 6.07 Å². The number of carbonyl (C=O) groups excluding carboxylic acids is 1. The molecule has 0 spiro atoms. The molecular formula is C9H8Cl2F3NOS. The molecule has 0 aliphatic heterocycles. The standard InChI is InChI=1S/C9H8Cl2F3NOS/c1-2-15(4-9(12,13)14)8(16)5-3-6(10)17-7(5)11/h3H,2,4H2,1H3. The van der Waals surface area contributed by atoms with Gasteiger partial charge < -0.3 is 4.90 Å². The third-order valence-electron chi connectivity index (χ3n) is 1.93. The average molecular weight is 306 g/mol. The van der Waals surface area contributed by atoms with E-state index >= 15 is 0 Å². The summed E-state index contributed by atoms with van der Waals surface area (Å²) in [5.41, 5.74) is 0.00719. The first-order valence-electron chi connectivity index (χ1n) is 4.55. The number of amides is 1. The zero-order valence-electron chi connectivity index (χ0n) is 8.65. The van der Waals surface area contributed by atoms with Gasteiger partial charge in [0.05, 0.1) is 9.90 Å². The van der Waals surface area contributed by atoms with Gasteiger partial charge in [0.25, 0.3) is 5.91 Å². The number of hydrogen-bond donors (Lipinski definition) is 0. The van der Waals surface area contributed by atoms with Crippen LogP contribution in [-0.2, 0) is 0 Å². The van der Waals surface area contributed by atoms with Gasteiger partial charge >= 0.3 is 6.18 Å². The van der Waals surface area contributed by atoms with Crippen molar-refractivity contribution in [3.8, 4) is 0 Å². The number of hydrogen-bond acceptors (Lipinski definition) is 2. The van der Waals surface area contributed by atoms with Crippen LogP contribution in [0.25, 0.3) is 0 Å². The minimum atomic E-state index is -4.43. The van der Waals surface area contributed by atoms with Gasteiger partial charge in [-0.1, -0.05) is 23.2 Å². The van der Waals surface area contributed by atoms with Crippen LogP contribution in [0, 0.1) is 0 Å². The molecule has 1 aromatic heterocycles. The molecule has 0 radical (unpaired) electrons. The summed E-state index contributed by atoms with van der Waals surface area (Å²) < 4.78 is 37.0. The van der Waals surface area contributed by atoms with Crippen molar-refractivity contribution in [2.75, 3.05) is 13.1 Å². The molecule has 1 rings (SSSR count). The van der Waals surface area contributed by atoms with E-state index in [0.29, 0.717) is 4.90 Å². The predicted octanol–water partition coefficient (Wildman–Crippen LogP) is 4.08. The minimum absolute atomic E-state index is 0.00719. The Kier molecular flexibility index (Phi) is 4.69. The number of rotatable bonds is 3. The van der Waals surface area contributed by atoms with Crippen molar-refractivity contribution in [1.29, 1.82) is 0 Å². The number of alkyl halides is 3. The molecule has 8 heteroatoms. The Morgan fingerprint density at radius 1 is 1.47 bits per heavy atom. The van der Waals surface area contributed by atoms with Gasteiger partial charge in [-0.15, -0.1) is 11.3 Å². The van der Waals surface area contributed by atoms with Crippen LogP contribution >= 0.6 is 34.5 Å². The Morgan fingerprint density at radius 3 is 2.41 bits per heavy atom. The second-order valence-corrected chi connectivity index (χ2v) is 5.46. The molecule has 2 nitrogen and oxygen atoms in total. The normalized spacial score (nSPS) is 11.6. The second-order valence-electron chi connectivity index (χ2n) is 3.17. The largest absolute Gasteiger partial charge is 0.406 e. The van der Waals surface area contributed by atoms with E-state index in [1.165, 1.54) is 13.0 Å². The third-order valence-corrected chi connectivity index (χ3v) is 3.41. The molecule has 0 bridgehead atoms. The molecule has 0 saturated heterocycles. The summed E-state index contributed by atoms with van der Waals surface area (Å²) in [7, 11) is 0. The number of carbonyl (C=O) groups is 1. The second kappa shape index (κ2) is 5.46. The Balaban J connectivity index is 2.90. The summed E-state index contributed by atoms with van der Waals surface area (Å²) in [5, 5.41) is 0. The molecule has 0 aromatic carbocycles. The van der Waals surface area contributed by atoms with Crippen LogP contribution in [0.5, 0.6) is 0 Å². The fraction of sp³-hybridized carbons (Fsp3) is 0.444.